The average molecular weight is 329 g/mol. The maximum absolute atomic E-state index is 13.1. The summed E-state index contributed by atoms with van der Waals surface area (Å²) in [7, 11) is 0. The van der Waals surface area contributed by atoms with Gasteiger partial charge in [0, 0.05) is 17.3 Å². The van der Waals surface area contributed by atoms with E-state index in [0.717, 1.165) is 31.7 Å². The van der Waals surface area contributed by atoms with Crippen LogP contribution in [0.4, 0.5) is 13.2 Å². The van der Waals surface area contributed by atoms with Crippen molar-refractivity contribution in [3.05, 3.63) is 35.4 Å². The number of hydrogen-bond acceptors (Lipinski definition) is 2. The van der Waals surface area contributed by atoms with E-state index in [0.29, 0.717) is 5.25 Å². The SMILES string of the molecule is CSC1CC2CCC(C1)N2C(=O)c1ccccc1C(F)(F)F. The zero-order chi connectivity index (χ0) is 15.9. The van der Waals surface area contributed by atoms with Gasteiger partial charge in [0.1, 0.15) is 0 Å². The Bertz CT molecular complexity index is 561. The van der Waals surface area contributed by atoms with E-state index < -0.39 is 17.6 Å². The molecule has 0 aromatic heterocycles. The standard InChI is InChI=1S/C16H18F3NOS/c1-22-12-8-10-6-7-11(9-12)20(10)15(21)13-4-2-3-5-14(13)16(17,18)19/h2-5,10-12H,6-9H2,1H3. The molecule has 0 spiro atoms. The van der Waals surface area contributed by atoms with Crippen LogP contribution in [0, 0.1) is 0 Å². The summed E-state index contributed by atoms with van der Waals surface area (Å²) in [6.45, 7) is 0. The Labute approximate surface area is 132 Å². The van der Waals surface area contributed by atoms with Crippen molar-refractivity contribution in [3.63, 3.8) is 0 Å². The van der Waals surface area contributed by atoms with Crippen molar-refractivity contribution < 1.29 is 18.0 Å². The molecular formula is C16H18F3NOS. The molecule has 0 radical (unpaired) electrons. The van der Waals surface area contributed by atoms with Crippen molar-refractivity contribution in [2.75, 3.05) is 6.26 Å². The summed E-state index contributed by atoms with van der Waals surface area (Å²) >= 11 is 1.79. The summed E-state index contributed by atoms with van der Waals surface area (Å²) in [6, 6.07) is 5.29. The van der Waals surface area contributed by atoms with E-state index in [1.54, 1.807) is 16.7 Å². The molecule has 2 saturated heterocycles. The van der Waals surface area contributed by atoms with E-state index in [9.17, 15) is 18.0 Å². The fourth-order valence-electron chi connectivity index (χ4n) is 3.71. The van der Waals surface area contributed by atoms with Crippen molar-refractivity contribution in [2.24, 2.45) is 0 Å². The maximum atomic E-state index is 13.1. The monoisotopic (exact) mass is 329 g/mol. The Morgan fingerprint density at radius 2 is 1.77 bits per heavy atom. The first-order valence-corrected chi connectivity index (χ1v) is 8.72. The van der Waals surface area contributed by atoms with Gasteiger partial charge in [0.05, 0.1) is 11.1 Å². The van der Waals surface area contributed by atoms with Crippen LogP contribution >= 0.6 is 11.8 Å². The number of benzene rings is 1. The van der Waals surface area contributed by atoms with Gasteiger partial charge in [-0.15, -0.1) is 0 Å². The second-order valence-corrected chi connectivity index (χ2v) is 7.11. The molecule has 2 aliphatic rings. The minimum absolute atomic E-state index is 0.0880. The van der Waals surface area contributed by atoms with Gasteiger partial charge in [-0.25, -0.2) is 0 Å². The summed E-state index contributed by atoms with van der Waals surface area (Å²) in [6.07, 6.45) is 1.14. The number of piperidine rings is 1. The number of thioether (sulfide) groups is 1. The third kappa shape index (κ3) is 2.73. The van der Waals surface area contributed by atoms with Crippen LogP contribution in [0.5, 0.6) is 0 Å². The topological polar surface area (TPSA) is 20.3 Å². The number of rotatable bonds is 2. The summed E-state index contributed by atoms with van der Waals surface area (Å²) in [5, 5.41) is 0.513. The van der Waals surface area contributed by atoms with Gasteiger partial charge in [-0.1, -0.05) is 12.1 Å². The number of halogens is 3. The van der Waals surface area contributed by atoms with E-state index in [1.165, 1.54) is 18.2 Å². The highest BCUT2D eigenvalue weighted by Crippen LogP contribution is 2.41. The lowest BCUT2D eigenvalue weighted by Crippen LogP contribution is -2.47. The van der Waals surface area contributed by atoms with Crippen molar-refractivity contribution in [2.45, 2.75) is 49.2 Å². The lowest BCUT2D eigenvalue weighted by atomic mass is 9.99. The number of carbonyl (C=O) groups excluding carboxylic acids is 1. The van der Waals surface area contributed by atoms with Crippen molar-refractivity contribution >= 4 is 17.7 Å². The molecule has 2 fully saturated rings. The third-order valence-electron chi connectivity index (χ3n) is 4.72. The fourth-order valence-corrected chi connectivity index (χ4v) is 4.54. The predicted octanol–water partition coefficient (Wildman–Crippen LogP) is 4.20. The largest absolute Gasteiger partial charge is 0.417 e. The third-order valence-corrected chi connectivity index (χ3v) is 5.77. The van der Waals surface area contributed by atoms with Crippen LogP contribution in [0.1, 0.15) is 41.6 Å². The first kappa shape index (κ1) is 15.7. The Kier molecular flexibility index (Phi) is 4.14. The minimum atomic E-state index is -4.50. The number of nitrogens with zero attached hydrogens (tertiary/aromatic N) is 1. The highest BCUT2D eigenvalue weighted by Gasteiger charge is 2.45. The first-order valence-electron chi connectivity index (χ1n) is 7.43. The summed E-state index contributed by atoms with van der Waals surface area (Å²) in [4.78, 5) is 14.5. The molecule has 2 aliphatic heterocycles. The van der Waals surface area contributed by atoms with E-state index >= 15 is 0 Å². The molecule has 6 heteroatoms. The zero-order valence-corrected chi connectivity index (χ0v) is 13.1. The van der Waals surface area contributed by atoms with E-state index in [1.807, 2.05) is 0 Å². The molecule has 2 nitrogen and oxygen atoms in total. The number of carbonyl (C=O) groups is 1. The van der Waals surface area contributed by atoms with E-state index in [4.69, 9.17) is 0 Å². The van der Waals surface area contributed by atoms with Gasteiger partial charge < -0.3 is 4.90 Å². The van der Waals surface area contributed by atoms with Crippen LogP contribution in [0.2, 0.25) is 0 Å². The Morgan fingerprint density at radius 3 is 2.32 bits per heavy atom. The zero-order valence-electron chi connectivity index (χ0n) is 12.3. The van der Waals surface area contributed by atoms with Crippen molar-refractivity contribution in [3.8, 4) is 0 Å². The normalized spacial score (nSPS) is 28.0. The maximum Gasteiger partial charge on any atom is 0.417 e. The molecule has 120 valence electrons. The van der Waals surface area contributed by atoms with Crippen LogP contribution in [0.25, 0.3) is 0 Å². The van der Waals surface area contributed by atoms with Gasteiger partial charge >= 0.3 is 6.18 Å². The van der Waals surface area contributed by atoms with Gasteiger partial charge in [0.2, 0.25) is 0 Å². The molecule has 2 unspecified atom stereocenters. The smallest absolute Gasteiger partial charge is 0.333 e. The minimum Gasteiger partial charge on any atom is -0.333 e. The second kappa shape index (κ2) is 5.80. The van der Waals surface area contributed by atoms with Crippen molar-refractivity contribution in [1.82, 2.24) is 4.90 Å². The van der Waals surface area contributed by atoms with Gasteiger partial charge in [-0.05, 0) is 44.1 Å². The molecule has 2 atom stereocenters. The predicted molar refractivity (Wildman–Crippen MR) is 81.0 cm³/mol. The summed E-state index contributed by atoms with van der Waals surface area (Å²) in [5.74, 6) is -0.458. The number of hydrogen-bond donors (Lipinski definition) is 0. The molecule has 1 aromatic rings. The van der Waals surface area contributed by atoms with E-state index in [-0.39, 0.29) is 17.6 Å². The lowest BCUT2D eigenvalue weighted by molar-refractivity contribution is -0.138. The van der Waals surface area contributed by atoms with Gasteiger partial charge in [-0.2, -0.15) is 24.9 Å². The van der Waals surface area contributed by atoms with Crippen LogP contribution in [-0.4, -0.2) is 34.4 Å². The van der Waals surface area contributed by atoms with Gasteiger partial charge in [-0.3, -0.25) is 4.79 Å². The average Bonchev–Trinajstić information content (AvgIpc) is 2.75. The van der Waals surface area contributed by atoms with Crippen LogP contribution < -0.4 is 0 Å². The first-order chi connectivity index (χ1) is 10.4. The van der Waals surface area contributed by atoms with Crippen LogP contribution in [-0.2, 0) is 6.18 Å². The van der Waals surface area contributed by atoms with E-state index in [2.05, 4.69) is 6.26 Å². The Hall–Kier alpha value is -1.17. The molecule has 3 rings (SSSR count). The molecule has 1 amide bonds. The van der Waals surface area contributed by atoms with Gasteiger partial charge in [0.15, 0.2) is 0 Å². The fraction of sp³-hybridized carbons (Fsp3) is 0.562. The molecule has 0 N–H and O–H groups in total. The summed E-state index contributed by atoms with van der Waals surface area (Å²) < 4.78 is 39.4. The molecule has 0 aliphatic carbocycles. The Morgan fingerprint density at radius 1 is 1.18 bits per heavy atom. The van der Waals surface area contributed by atoms with Gasteiger partial charge in [0.25, 0.3) is 5.91 Å². The van der Waals surface area contributed by atoms with Crippen LogP contribution in [0.15, 0.2) is 24.3 Å². The molecule has 0 saturated carbocycles. The number of fused-ring (bicyclic) bond motifs is 2. The molecule has 2 bridgehead atoms. The molecule has 22 heavy (non-hydrogen) atoms. The highest BCUT2D eigenvalue weighted by atomic mass is 32.2. The molecular weight excluding hydrogens is 311 g/mol. The highest BCUT2D eigenvalue weighted by molar-refractivity contribution is 7.99. The molecule has 1 aromatic carbocycles. The molecule has 2 heterocycles. The van der Waals surface area contributed by atoms with Crippen LogP contribution in [0.3, 0.4) is 0 Å². The number of alkyl halides is 3. The number of amides is 1. The Balaban J connectivity index is 1.90. The lowest BCUT2D eigenvalue weighted by Gasteiger charge is -2.38. The summed E-state index contributed by atoms with van der Waals surface area (Å²) in [5.41, 5.74) is -1.04. The van der Waals surface area contributed by atoms with Crippen molar-refractivity contribution in [1.29, 1.82) is 0 Å². The second-order valence-electron chi connectivity index (χ2n) is 5.97. The quantitative estimate of drug-likeness (QED) is 0.810.